The van der Waals surface area contributed by atoms with Crippen molar-refractivity contribution < 1.29 is 9.53 Å². The standard InChI is InChI=1S/C8H12N2O2/c1-2-3-4-9-7(11)8-10-5-6-12-8/h2-3H,4-6H2,1H3,(H,9,11). The number of carbonyl (C=O) groups excluding carboxylic acids is 1. The summed E-state index contributed by atoms with van der Waals surface area (Å²) < 4.78 is 4.96. The van der Waals surface area contributed by atoms with Crippen LogP contribution in [-0.2, 0) is 9.53 Å². The maximum atomic E-state index is 11.1. The molecule has 0 aromatic rings. The van der Waals surface area contributed by atoms with E-state index < -0.39 is 0 Å². The van der Waals surface area contributed by atoms with Gasteiger partial charge in [0.25, 0.3) is 5.90 Å². The van der Waals surface area contributed by atoms with Crippen LogP contribution in [0.3, 0.4) is 0 Å². The normalized spacial score (nSPS) is 15.9. The molecule has 66 valence electrons. The van der Waals surface area contributed by atoms with Crippen LogP contribution in [0.2, 0.25) is 0 Å². The number of nitrogens with one attached hydrogen (secondary N) is 1. The van der Waals surface area contributed by atoms with Gasteiger partial charge in [-0.3, -0.25) is 4.79 Å². The lowest BCUT2D eigenvalue weighted by Crippen LogP contribution is -2.31. The first kappa shape index (κ1) is 8.77. The molecule has 4 nitrogen and oxygen atoms in total. The van der Waals surface area contributed by atoms with Crippen molar-refractivity contribution in [3.8, 4) is 0 Å². The molecule has 12 heavy (non-hydrogen) atoms. The fraction of sp³-hybridized carbons (Fsp3) is 0.500. The van der Waals surface area contributed by atoms with Gasteiger partial charge in [0.2, 0.25) is 0 Å². The van der Waals surface area contributed by atoms with Crippen LogP contribution in [0.4, 0.5) is 0 Å². The minimum atomic E-state index is -0.231. The van der Waals surface area contributed by atoms with Crippen molar-refractivity contribution in [2.24, 2.45) is 4.99 Å². The van der Waals surface area contributed by atoms with E-state index in [9.17, 15) is 4.79 Å². The summed E-state index contributed by atoms with van der Waals surface area (Å²) in [7, 11) is 0. The van der Waals surface area contributed by atoms with Gasteiger partial charge < -0.3 is 10.1 Å². The Balaban J connectivity index is 2.28. The van der Waals surface area contributed by atoms with Crippen molar-refractivity contribution in [2.45, 2.75) is 6.92 Å². The van der Waals surface area contributed by atoms with E-state index in [1.54, 1.807) is 0 Å². The van der Waals surface area contributed by atoms with Gasteiger partial charge in [0.05, 0.1) is 6.54 Å². The van der Waals surface area contributed by atoms with E-state index in [-0.39, 0.29) is 11.8 Å². The van der Waals surface area contributed by atoms with Gasteiger partial charge in [-0.05, 0) is 6.92 Å². The predicted octanol–water partition coefficient (Wildman–Crippen LogP) is 0.107. The average Bonchev–Trinajstić information content (AvgIpc) is 2.56. The third-order valence-corrected chi connectivity index (χ3v) is 1.40. The minimum Gasteiger partial charge on any atom is -0.472 e. The van der Waals surface area contributed by atoms with E-state index >= 15 is 0 Å². The van der Waals surface area contributed by atoms with E-state index in [1.165, 1.54) is 0 Å². The summed E-state index contributed by atoms with van der Waals surface area (Å²) in [5, 5.41) is 2.64. The van der Waals surface area contributed by atoms with Crippen LogP contribution in [0.25, 0.3) is 0 Å². The Bertz CT molecular complexity index is 221. The van der Waals surface area contributed by atoms with Gasteiger partial charge in [0.15, 0.2) is 0 Å². The van der Waals surface area contributed by atoms with Crippen LogP contribution in [-0.4, -0.2) is 31.5 Å². The summed E-state index contributed by atoms with van der Waals surface area (Å²) >= 11 is 0. The first-order valence-corrected chi connectivity index (χ1v) is 3.91. The summed E-state index contributed by atoms with van der Waals surface area (Å²) in [6.45, 7) is 3.53. The molecule has 1 heterocycles. The molecule has 4 heteroatoms. The Morgan fingerprint density at radius 3 is 3.25 bits per heavy atom. The fourth-order valence-electron chi connectivity index (χ4n) is 0.818. The first-order chi connectivity index (χ1) is 5.84. The van der Waals surface area contributed by atoms with Gasteiger partial charge in [-0.2, -0.15) is 0 Å². The summed E-state index contributed by atoms with van der Waals surface area (Å²) in [6.07, 6.45) is 3.73. The summed E-state index contributed by atoms with van der Waals surface area (Å²) in [6, 6.07) is 0. The van der Waals surface area contributed by atoms with Crippen molar-refractivity contribution in [3.63, 3.8) is 0 Å². The summed E-state index contributed by atoms with van der Waals surface area (Å²) in [5.74, 6) is -0.0231. The number of hydrogen-bond donors (Lipinski definition) is 1. The predicted molar refractivity (Wildman–Crippen MR) is 46.1 cm³/mol. The second-order valence-corrected chi connectivity index (χ2v) is 2.31. The monoisotopic (exact) mass is 168 g/mol. The molecule has 1 rings (SSSR count). The zero-order valence-corrected chi connectivity index (χ0v) is 7.04. The molecule has 0 saturated carbocycles. The van der Waals surface area contributed by atoms with Gasteiger partial charge >= 0.3 is 5.91 Å². The Labute approximate surface area is 71.3 Å². The highest BCUT2D eigenvalue weighted by atomic mass is 16.5. The largest absolute Gasteiger partial charge is 0.472 e. The SMILES string of the molecule is CC=CCNC(=O)C1=NCCO1. The lowest BCUT2D eigenvalue weighted by Gasteiger charge is -2.00. The maximum Gasteiger partial charge on any atom is 0.306 e. The molecule has 1 aliphatic heterocycles. The van der Waals surface area contributed by atoms with Gasteiger partial charge in [0.1, 0.15) is 6.61 Å². The molecule has 0 radical (unpaired) electrons. The molecule has 0 saturated heterocycles. The second-order valence-electron chi connectivity index (χ2n) is 2.31. The van der Waals surface area contributed by atoms with Crippen LogP contribution in [0.1, 0.15) is 6.92 Å². The zero-order valence-electron chi connectivity index (χ0n) is 7.04. The number of ether oxygens (including phenoxy) is 1. The van der Waals surface area contributed by atoms with Crippen molar-refractivity contribution in [1.82, 2.24) is 5.32 Å². The molecule has 0 fully saturated rings. The quantitative estimate of drug-likeness (QED) is 0.608. The number of aliphatic imine (C=N–C) groups is 1. The molecule has 0 atom stereocenters. The van der Waals surface area contributed by atoms with Gasteiger partial charge in [-0.25, -0.2) is 4.99 Å². The highest BCUT2D eigenvalue weighted by Crippen LogP contribution is 1.93. The van der Waals surface area contributed by atoms with Crippen molar-refractivity contribution >= 4 is 11.8 Å². The molecule has 1 amide bonds. The maximum absolute atomic E-state index is 11.1. The number of hydrogen-bond acceptors (Lipinski definition) is 3. The lowest BCUT2D eigenvalue weighted by molar-refractivity contribution is -0.115. The topological polar surface area (TPSA) is 50.7 Å². The zero-order chi connectivity index (χ0) is 8.81. The van der Waals surface area contributed by atoms with Crippen LogP contribution in [0.15, 0.2) is 17.1 Å². The van der Waals surface area contributed by atoms with Gasteiger partial charge in [-0.1, -0.05) is 12.2 Å². The molecule has 1 N–H and O–H groups in total. The molecule has 0 aromatic heterocycles. The molecular weight excluding hydrogens is 156 g/mol. The van der Waals surface area contributed by atoms with Gasteiger partial charge in [0, 0.05) is 6.54 Å². The smallest absolute Gasteiger partial charge is 0.306 e. The van der Waals surface area contributed by atoms with Gasteiger partial charge in [-0.15, -0.1) is 0 Å². The first-order valence-electron chi connectivity index (χ1n) is 3.91. The van der Waals surface area contributed by atoms with Crippen LogP contribution in [0, 0.1) is 0 Å². The Hall–Kier alpha value is -1.32. The fourth-order valence-corrected chi connectivity index (χ4v) is 0.818. The Morgan fingerprint density at radius 1 is 1.83 bits per heavy atom. The van der Waals surface area contributed by atoms with E-state index in [1.807, 2.05) is 19.1 Å². The summed E-state index contributed by atoms with van der Waals surface area (Å²) in [4.78, 5) is 15.0. The van der Waals surface area contributed by atoms with Crippen molar-refractivity contribution in [3.05, 3.63) is 12.2 Å². The van der Waals surface area contributed by atoms with Crippen LogP contribution >= 0.6 is 0 Å². The third kappa shape index (κ3) is 2.38. The lowest BCUT2D eigenvalue weighted by atomic mass is 10.5. The van der Waals surface area contributed by atoms with Crippen LogP contribution in [0.5, 0.6) is 0 Å². The third-order valence-electron chi connectivity index (χ3n) is 1.40. The van der Waals surface area contributed by atoms with E-state index in [4.69, 9.17) is 4.74 Å². The Morgan fingerprint density at radius 2 is 2.67 bits per heavy atom. The molecule has 0 spiro atoms. The van der Waals surface area contributed by atoms with E-state index in [0.717, 1.165) is 0 Å². The van der Waals surface area contributed by atoms with Crippen LogP contribution < -0.4 is 5.32 Å². The molecule has 0 aliphatic carbocycles. The Kier molecular flexibility index (Phi) is 3.32. The van der Waals surface area contributed by atoms with E-state index in [2.05, 4.69) is 10.3 Å². The number of rotatable bonds is 3. The highest BCUT2D eigenvalue weighted by molar-refractivity contribution is 6.35. The second kappa shape index (κ2) is 4.54. The van der Waals surface area contributed by atoms with Crippen molar-refractivity contribution in [2.75, 3.05) is 19.7 Å². The molecule has 0 bridgehead atoms. The minimum absolute atomic E-state index is 0.208. The number of amides is 1. The molecule has 0 aromatic carbocycles. The number of allylic oxidation sites excluding steroid dienone is 1. The number of nitrogens with zero attached hydrogens (tertiary/aromatic N) is 1. The molecule has 0 unspecified atom stereocenters. The molecular formula is C8H12N2O2. The average molecular weight is 168 g/mol. The highest BCUT2D eigenvalue weighted by Gasteiger charge is 2.15. The molecule has 1 aliphatic rings. The number of carbonyl (C=O) groups is 1. The summed E-state index contributed by atoms with van der Waals surface area (Å²) in [5.41, 5.74) is 0. The van der Waals surface area contributed by atoms with Crippen molar-refractivity contribution in [1.29, 1.82) is 0 Å². The van der Waals surface area contributed by atoms with E-state index in [0.29, 0.717) is 19.7 Å².